The zero-order chi connectivity index (χ0) is 23.2. The molecule has 2 aliphatic rings. The average Bonchev–Trinajstić information content (AvgIpc) is 3.44. The summed E-state index contributed by atoms with van der Waals surface area (Å²) in [6, 6.07) is 24.0. The molecule has 172 valence electrons. The van der Waals surface area contributed by atoms with Crippen LogP contribution in [0.5, 0.6) is 0 Å². The molecular formula is C27H27Cl2FeN3. The molecule has 33 heavy (non-hydrogen) atoms. The predicted molar refractivity (Wildman–Crippen MR) is 135 cm³/mol. The second-order valence-electron chi connectivity index (χ2n) is 8.39. The van der Waals surface area contributed by atoms with Crippen LogP contribution >= 0.6 is 20.2 Å². The van der Waals surface area contributed by atoms with Crippen molar-refractivity contribution >= 4 is 31.6 Å². The molecule has 0 N–H and O–H groups in total. The summed E-state index contributed by atoms with van der Waals surface area (Å²) in [7, 11) is 9.53. The summed E-state index contributed by atoms with van der Waals surface area (Å²) >= 11 is 0.194. The number of hydrogen-bond donors (Lipinski definition) is 0. The Bertz CT molecular complexity index is 1090. The van der Waals surface area contributed by atoms with Gasteiger partial charge in [-0.25, -0.2) is 4.98 Å². The quantitative estimate of drug-likeness (QED) is 0.260. The number of nitrogens with zero attached hydrogens (tertiary/aromatic N) is 3. The van der Waals surface area contributed by atoms with Crippen LogP contribution in [0.1, 0.15) is 72.4 Å². The van der Waals surface area contributed by atoms with E-state index in [-0.39, 0.29) is 25.2 Å². The van der Waals surface area contributed by atoms with Gasteiger partial charge in [0, 0.05) is 0 Å². The zero-order valence-electron chi connectivity index (χ0n) is 18.8. The molecule has 5 rings (SSSR count). The Kier molecular flexibility index (Phi) is 8.38. The van der Waals surface area contributed by atoms with Gasteiger partial charge in [0.1, 0.15) is 0 Å². The Morgan fingerprint density at radius 2 is 1.15 bits per heavy atom. The molecule has 2 unspecified atom stereocenters. The Hall–Kier alpha value is -1.97. The molecule has 3 nitrogen and oxygen atoms in total. The third-order valence-corrected chi connectivity index (χ3v) is 6.39. The molecule has 2 aliphatic carbocycles. The number of rotatable bonds is 4. The maximum absolute atomic E-state index is 5.04. The SMILES string of the molecule is CC(=NC1CCc2ccccc21)c1cccc(C(C)=NC2CCc3ccccc32)n1.[Cl][Fe][Cl]. The van der Waals surface area contributed by atoms with E-state index in [1.807, 2.05) is 0 Å². The number of aliphatic imine (C=N–C) groups is 2. The number of pyridine rings is 1. The van der Waals surface area contributed by atoms with Gasteiger partial charge in [0.25, 0.3) is 0 Å². The molecule has 3 aromatic rings. The van der Waals surface area contributed by atoms with Gasteiger partial charge in [-0.05, 0) is 73.9 Å². The zero-order valence-corrected chi connectivity index (χ0v) is 21.4. The van der Waals surface area contributed by atoms with E-state index in [2.05, 4.69) is 80.6 Å². The van der Waals surface area contributed by atoms with Crippen molar-refractivity contribution in [3.05, 3.63) is 100 Å². The van der Waals surface area contributed by atoms with Gasteiger partial charge >= 0.3 is 33.3 Å². The van der Waals surface area contributed by atoms with Crippen LogP contribution in [0.25, 0.3) is 0 Å². The number of halogens is 2. The average molecular weight is 520 g/mol. The first-order valence-corrected chi connectivity index (χ1v) is 14.2. The van der Waals surface area contributed by atoms with Crippen LogP contribution in [0.4, 0.5) is 0 Å². The summed E-state index contributed by atoms with van der Waals surface area (Å²) in [5, 5.41) is 0. The van der Waals surface area contributed by atoms with Gasteiger partial charge in [0.15, 0.2) is 0 Å². The van der Waals surface area contributed by atoms with Gasteiger partial charge in [0.05, 0.1) is 34.9 Å². The number of aromatic nitrogens is 1. The molecule has 0 radical (unpaired) electrons. The molecule has 0 amide bonds. The number of aryl methyl sites for hydroxylation is 2. The van der Waals surface area contributed by atoms with Gasteiger partial charge in [-0.2, -0.15) is 0 Å². The normalized spacial score (nSPS) is 19.6. The first kappa shape index (κ1) is 24.2. The van der Waals surface area contributed by atoms with Gasteiger partial charge in [0.2, 0.25) is 0 Å². The van der Waals surface area contributed by atoms with Crippen molar-refractivity contribution in [2.45, 2.75) is 51.6 Å². The van der Waals surface area contributed by atoms with Crippen LogP contribution in [0.3, 0.4) is 0 Å². The van der Waals surface area contributed by atoms with Crippen LogP contribution in [-0.2, 0) is 26.0 Å². The van der Waals surface area contributed by atoms with Crippen molar-refractivity contribution in [1.29, 1.82) is 0 Å². The van der Waals surface area contributed by atoms with E-state index in [0.29, 0.717) is 0 Å². The summed E-state index contributed by atoms with van der Waals surface area (Å²) in [5.74, 6) is 0. The molecule has 6 heteroatoms. The maximum atomic E-state index is 5.04. The summed E-state index contributed by atoms with van der Waals surface area (Å²) in [6.07, 6.45) is 4.38. The predicted octanol–water partition coefficient (Wildman–Crippen LogP) is 7.45. The van der Waals surface area contributed by atoms with Crippen molar-refractivity contribution < 1.29 is 13.1 Å². The van der Waals surface area contributed by atoms with E-state index in [1.165, 1.54) is 22.3 Å². The number of fused-ring (bicyclic) bond motifs is 2. The summed E-state index contributed by atoms with van der Waals surface area (Å²) in [5.41, 5.74) is 9.48. The monoisotopic (exact) mass is 519 g/mol. The van der Waals surface area contributed by atoms with E-state index in [1.54, 1.807) is 0 Å². The van der Waals surface area contributed by atoms with Crippen LogP contribution in [-0.4, -0.2) is 16.4 Å². The molecular weight excluding hydrogens is 493 g/mol. The van der Waals surface area contributed by atoms with E-state index < -0.39 is 0 Å². The standard InChI is InChI=1S/C27H27N3.2ClH.Fe/c1-18(28-26-16-14-20-8-3-5-10-22(20)26)24-12-7-13-25(30-24)19(2)29-27-17-15-21-9-4-6-11-23(21)27;;;/h3-13,26-27H,14-17H2,1-2H3;2*1H;/q;;;+2/p-2. The van der Waals surface area contributed by atoms with E-state index >= 15 is 0 Å². The van der Waals surface area contributed by atoms with Crippen LogP contribution in [0.15, 0.2) is 76.7 Å². The molecule has 1 aromatic heterocycles. The van der Waals surface area contributed by atoms with E-state index in [0.717, 1.165) is 48.5 Å². The van der Waals surface area contributed by atoms with Gasteiger partial charge < -0.3 is 0 Å². The van der Waals surface area contributed by atoms with Gasteiger partial charge in [-0.15, -0.1) is 0 Å². The van der Waals surface area contributed by atoms with Gasteiger partial charge in [-0.1, -0.05) is 54.6 Å². The molecule has 2 aromatic carbocycles. The molecule has 0 spiro atoms. The van der Waals surface area contributed by atoms with Crippen LogP contribution < -0.4 is 0 Å². The van der Waals surface area contributed by atoms with Crippen molar-refractivity contribution in [1.82, 2.24) is 4.98 Å². The molecule has 2 atom stereocenters. The molecule has 0 saturated carbocycles. The van der Waals surface area contributed by atoms with Crippen molar-refractivity contribution in [3.63, 3.8) is 0 Å². The third-order valence-electron chi connectivity index (χ3n) is 6.39. The van der Waals surface area contributed by atoms with Crippen molar-refractivity contribution in [3.8, 4) is 0 Å². The Balaban J connectivity index is 0.000000821. The fourth-order valence-corrected chi connectivity index (χ4v) is 4.78. The van der Waals surface area contributed by atoms with Crippen molar-refractivity contribution in [2.24, 2.45) is 9.98 Å². The number of hydrogen-bond acceptors (Lipinski definition) is 3. The van der Waals surface area contributed by atoms with Crippen LogP contribution in [0, 0.1) is 0 Å². The summed E-state index contributed by atoms with van der Waals surface area (Å²) < 4.78 is 0. The van der Waals surface area contributed by atoms with Crippen LogP contribution in [0.2, 0.25) is 0 Å². The minimum absolute atomic E-state index is 0.194. The summed E-state index contributed by atoms with van der Waals surface area (Å²) in [6.45, 7) is 4.15. The van der Waals surface area contributed by atoms with E-state index in [4.69, 9.17) is 35.2 Å². The molecule has 0 fully saturated rings. The molecule has 0 aliphatic heterocycles. The number of benzene rings is 2. The minimum atomic E-state index is 0.194. The topological polar surface area (TPSA) is 37.6 Å². The first-order valence-electron chi connectivity index (χ1n) is 11.2. The fourth-order valence-electron chi connectivity index (χ4n) is 4.78. The first-order chi connectivity index (χ1) is 16.1. The van der Waals surface area contributed by atoms with Crippen molar-refractivity contribution in [2.75, 3.05) is 0 Å². The van der Waals surface area contributed by atoms with Gasteiger partial charge in [-0.3, -0.25) is 9.98 Å². The molecule has 0 saturated heterocycles. The summed E-state index contributed by atoms with van der Waals surface area (Å²) in [4.78, 5) is 15.0. The fraction of sp³-hybridized carbons (Fsp3) is 0.296. The Morgan fingerprint density at radius 1 is 0.727 bits per heavy atom. The Morgan fingerprint density at radius 3 is 1.61 bits per heavy atom. The molecule has 1 heterocycles. The molecule has 0 bridgehead atoms. The Labute approximate surface area is 211 Å². The third kappa shape index (κ3) is 5.75. The second kappa shape index (κ2) is 11.4. The van der Waals surface area contributed by atoms with E-state index in [9.17, 15) is 0 Å². The second-order valence-corrected chi connectivity index (χ2v) is 10.2.